The van der Waals surface area contributed by atoms with Gasteiger partial charge in [-0.25, -0.2) is 0 Å². The molecule has 122 valence electrons. The monoisotopic (exact) mass is 360 g/mol. The van der Waals surface area contributed by atoms with Crippen LogP contribution < -0.4 is 10.6 Å². The highest BCUT2D eigenvalue weighted by molar-refractivity contribution is 8.04. The molecule has 1 spiro atoms. The Morgan fingerprint density at radius 2 is 1.79 bits per heavy atom. The van der Waals surface area contributed by atoms with Crippen molar-refractivity contribution in [3.63, 3.8) is 0 Å². The van der Waals surface area contributed by atoms with Crippen molar-refractivity contribution in [1.82, 2.24) is 10.6 Å². The van der Waals surface area contributed by atoms with E-state index in [1.807, 2.05) is 0 Å². The molecule has 0 aromatic heterocycles. The quantitative estimate of drug-likeness (QED) is 0.629. The highest BCUT2D eigenvalue weighted by atomic mass is 32.2. The number of carbonyl (C=O) groups is 4. The molecule has 1 saturated heterocycles. The smallest absolute Gasteiger partial charge is 0.252 e. The number of ketones is 2. The number of fused-ring (bicyclic) bond motifs is 2. The molecule has 0 unspecified atom stereocenters. The number of rotatable bonds is 1. The molecule has 1 aliphatic carbocycles. The van der Waals surface area contributed by atoms with Crippen LogP contribution in [0.2, 0.25) is 0 Å². The minimum atomic E-state index is -1.49. The van der Waals surface area contributed by atoms with Crippen molar-refractivity contribution in [3.05, 3.63) is 45.9 Å². The lowest BCUT2D eigenvalue weighted by Crippen LogP contribution is -2.71. The van der Waals surface area contributed by atoms with E-state index >= 15 is 0 Å². The minimum absolute atomic E-state index is 0.0830. The zero-order valence-corrected chi connectivity index (χ0v) is 14.0. The van der Waals surface area contributed by atoms with E-state index in [9.17, 15) is 19.2 Å². The minimum Gasteiger partial charge on any atom is -0.341 e. The Bertz CT molecular complexity index is 863. The number of Topliss-reactive ketones (excluding diaryl/α,β-unsaturated/α-hetero) is 2. The molecule has 1 fully saturated rings. The van der Waals surface area contributed by atoms with Gasteiger partial charge in [0.05, 0.1) is 10.5 Å². The summed E-state index contributed by atoms with van der Waals surface area (Å²) in [6, 6.07) is 5.77. The van der Waals surface area contributed by atoms with Crippen molar-refractivity contribution in [2.75, 3.05) is 11.5 Å². The van der Waals surface area contributed by atoms with Crippen LogP contribution in [0.15, 0.2) is 34.7 Å². The van der Waals surface area contributed by atoms with Gasteiger partial charge in [-0.2, -0.15) is 12.6 Å². The van der Waals surface area contributed by atoms with Crippen molar-refractivity contribution < 1.29 is 19.2 Å². The zero-order valence-electron chi connectivity index (χ0n) is 12.3. The van der Waals surface area contributed by atoms with Crippen molar-refractivity contribution in [2.24, 2.45) is 0 Å². The average molecular weight is 360 g/mol. The summed E-state index contributed by atoms with van der Waals surface area (Å²) in [6.07, 6.45) is 0. The summed E-state index contributed by atoms with van der Waals surface area (Å²) < 4.78 is 0. The van der Waals surface area contributed by atoms with Crippen LogP contribution in [0.4, 0.5) is 0 Å². The van der Waals surface area contributed by atoms with E-state index in [0.717, 1.165) is 11.8 Å². The number of nitrogens with one attached hydrogen (secondary N) is 2. The van der Waals surface area contributed by atoms with Gasteiger partial charge in [0.15, 0.2) is 11.3 Å². The third kappa shape index (κ3) is 1.86. The molecule has 0 radical (unpaired) electrons. The standard InChI is InChI=1S/C16H12N2O4S2/c19-11-7-3-1-2-4-8(7)12(20)13-10(11)16(6-24-13)15(22)17-9(5-23)14(21)18-16/h1-4,9,23H,5-6H2,(H,17,22)(H,18,21)/t9-,16+/m0/s1. The van der Waals surface area contributed by atoms with E-state index in [-0.39, 0.29) is 39.1 Å². The van der Waals surface area contributed by atoms with Gasteiger partial charge in [-0.05, 0) is 0 Å². The van der Waals surface area contributed by atoms with Crippen LogP contribution in [0, 0.1) is 0 Å². The van der Waals surface area contributed by atoms with Crippen LogP contribution in [0.5, 0.6) is 0 Å². The fourth-order valence-corrected chi connectivity index (χ4v) is 4.86. The van der Waals surface area contributed by atoms with Gasteiger partial charge in [-0.15, -0.1) is 11.8 Å². The van der Waals surface area contributed by atoms with Gasteiger partial charge in [0.25, 0.3) is 5.91 Å². The first-order valence-electron chi connectivity index (χ1n) is 7.29. The maximum Gasteiger partial charge on any atom is 0.252 e. The van der Waals surface area contributed by atoms with Crippen molar-refractivity contribution >= 4 is 47.8 Å². The molecule has 24 heavy (non-hydrogen) atoms. The molecule has 4 rings (SSSR count). The van der Waals surface area contributed by atoms with E-state index in [4.69, 9.17) is 0 Å². The maximum atomic E-state index is 13.0. The lowest BCUT2D eigenvalue weighted by atomic mass is 9.78. The lowest BCUT2D eigenvalue weighted by molar-refractivity contribution is -0.138. The molecule has 8 heteroatoms. The van der Waals surface area contributed by atoms with Gasteiger partial charge in [0, 0.05) is 22.6 Å². The first-order chi connectivity index (χ1) is 11.5. The van der Waals surface area contributed by atoms with Crippen LogP contribution in [-0.2, 0) is 9.59 Å². The number of hydrogen-bond acceptors (Lipinski definition) is 6. The van der Waals surface area contributed by atoms with Crippen LogP contribution in [0.25, 0.3) is 0 Å². The Balaban J connectivity index is 1.85. The second kappa shape index (κ2) is 5.22. The van der Waals surface area contributed by atoms with Crippen molar-refractivity contribution in [1.29, 1.82) is 0 Å². The van der Waals surface area contributed by atoms with Gasteiger partial charge < -0.3 is 10.6 Å². The second-order valence-electron chi connectivity index (χ2n) is 5.80. The Hall–Kier alpha value is -2.06. The summed E-state index contributed by atoms with van der Waals surface area (Å²) >= 11 is 5.18. The molecule has 2 N–H and O–H groups in total. The Labute approximate surface area is 146 Å². The third-order valence-corrected chi connectivity index (χ3v) is 6.09. The summed E-state index contributed by atoms with van der Waals surface area (Å²) in [7, 11) is 0. The van der Waals surface area contributed by atoms with E-state index in [2.05, 4.69) is 23.3 Å². The molecule has 1 aromatic carbocycles. The molecular weight excluding hydrogens is 348 g/mol. The normalized spacial score (nSPS) is 28.6. The first kappa shape index (κ1) is 15.5. The summed E-state index contributed by atoms with van der Waals surface area (Å²) in [4.78, 5) is 50.8. The van der Waals surface area contributed by atoms with Crippen LogP contribution in [0.3, 0.4) is 0 Å². The Morgan fingerprint density at radius 1 is 1.12 bits per heavy atom. The van der Waals surface area contributed by atoms with Gasteiger partial charge in [0.2, 0.25) is 11.7 Å². The first-order valence-corrected chi connectivity index (χ1v) is 8.91. The summed E-state index contributed by atoms with van der Waals surface area (Å²) in [5.74, 6) is -1.26. The number of hydrogen-bond donors (Lipinski definition) is 3. The van der Waals surface area contributed by atoms with E-state index < -0.39 is 23.4 Å². The number of amides is 2. The van der Waals surface area contributed by atoms with Crippen molar-refractivity contribution in [3.8, 4) is 0 Å². The molecule has 2 atom stereocenters. The molecule has 2 aliphatic heterocycles. The molecule has 2 amide bonds. The van der Waals surface area contributed by atoms with Gasteiger partial charge in [-0.3, -0.25) is 19.2 Å². The van der Waals surface area contributed by atoms with Crippen molar-refractivity contribution in [2.45, 2.75) is 11.6 Å². The Kier molecular flexibility index (Phi) is 3.36. The molecule has 0 bridgehead atoms. The fourth-order valence-electron chi connectivity index (χ4n) is 3.24. The predicted molar refractivity (Wildman–Crippen MR) is 91.2 cm³/mol. The molecule has 3 aliphatic rings. The topological polar surface area (TPSA) is 92.3 Å². The average Bonchev–Trinajstić information content (AvgIpc) is 2.96. The lowest BCUT2D eigenvalue weighted by Gasteiger charge is -2.38. The summed E-state index contributed by atoms with van der Waals surface area (Å²) in [6.45, 7) is 0. The summed E-state index contributed by atoms with van der Waals surface area (Å²) in [5.41, 5.74) is -0.806. The number of allylic oxidation sites excluding steroid dienone is 1. The second-order valence-corrected chi connectivity index (χ2v) is 7.15. The van der Waals surface area contributed by atoms with Gasteiger partial charge >= 0.3 is 0 Å². The number of thiol groups is 1. The molecular formula is C16H12N2O4S2. The zero-order chi connectivity index (χ0) is 17.1. The highest BCUT2D eigenvalue weighted by Crippen LogP contribution is 2.46. The van der Waals surface area contributed by atoms with E-state index in [0.29, 0.717) is 5.56 Å². The highest BCUT2D eigenvalue weighted by Gasteiger charge is 2.57. The SMILES string of the molecule is O=C1C2=C(C(=O)c3ccccc31)[C@@]1(CS2)NC(=O)[C@H](CS)NC1=O. The molecule has 2 heterocycles. The predicted octanol–water partition coefficient (Wildman–Crippen LogP) is 0.350. The third-order valence-electron chi connectivity index (χ3n) is 4.47. The van der Waals surface area contributed by atoms with Crippen LogP contribution >= 0.6 is 24.4 Å². The maximum absolute atomic E-state index is 13.0. The molecule has 6 nitrogen and oxygen atoms in total. The number of thioether (sulfide) groups is 1. The van der Waals surface area contributed by atoms with Gasteiger partial charge in [0.1, 0.15) is 6.04 Å². The van der Waals surface area contributed by atoms with Gasteiger partial charge in [-0.1, -0.05) is 24.3 Å². The fraction of sp³-hybridized carbons (Fsp3) is 0.250. The molecule has 1 aromatic rings. The number of piperazine rings is 1. The van der Waals surface area contributed by atoms with E-state index in [1.54, 1.807) is 24.3 Å². The number of carbonyl (C=O) groups excluding carboxylic acids is 4. The van der Waals surface area contributed by atoms with Crippen LogP contribution in [0.1, 0.15) is 20.7 Å². The Morgan fingerprint density at radius 3 is 2.46 bits per heavy atom. The number of benzene rings is 1. The largest absolute Gasteiger partial charge is 0.341 e. The van der Waals surface area contributed by atoms with E-state index in [1.165, 1.54) is 0 Å². The molecule has 0 saturated carbocycles. The summed E-state index contributed by atoms with van der Waals surface area (Å²) in [5, 5.41) is 5.27. The van der Waals surface area contributed by atoms with Crippen LogP contribution in [-0.4, -0.2) is 46.5 Å².